The largest absolute Gasteiger partial charge is 0.309 e. The second-order valence-electron chi connectivity index (χ2n) is 4.18. The van der Waals surface area contributed by atoms with Crippen LogP contribution in [0.25, 0.3) is 0 Å². The third kappa shape index (κ3) is 3.88. The predicted molar refractivity (Wildman–Crippen MR) is 58.2 cm³/mol. The Kier molecular flexibility index (Phi) is 4.08. The van der Waals surface area contributed by atoms with Crippen molar-refractivity contribution in [1.82, 2.24) is 5.32 Å². The molecule has 0 fully saturated rings. The van der Waals surface area contributed by atoms with Gasteiger partial charge in [0.15, 0.2) is 0 Å². The Morgan fingerprint density at radius 2 is 1.86 bits per heavy atom. The molecule has 1 aromatic rings. The third-order valence-corrected chi connectivity index (χ3v) is 2.19. The quantitative estimate of drug-likeness (QED) is 0.761. The molecule has 0 atom stereocenters. The van der Waals surface area contributed by atoms with Crippen molar-refractivity contribution in [2.45, 2.75) is 25.8 Å². The van der Waals surface area contributed by atoms with E-state index in [0.717, 1.165) is 13.0 Å². The first-order valence-electron chi connectivity index (χ1n) is 4.99. The maximum absolute atomic E-state index is 12.4. The first kappa shape index (κ1) is 11.2. The van der Waals surface area contributed by atoms with Gasteiger partial charge in [0.05, 0.1) is 0 Å². The molecule has 1 nitrogen and oxygen atoms in total. The van der Waals surface area contributed by atoms with E-state index in [4.69, 9.17) is 0 Å². The van der Waals surface area contributed by atoms with E-state index in [1.54, 1.807) is 0 Å². The first-order chi connectivity index (χ1) is 6.64. The molecular weight excluding hydrogens is 177 g/mol. The maximum atomic E-state index is 12.4. The standard InChI is InChI=1S/C12H18FN/c1-12(2,10-13)14-9-8-11-6-4-3-5-7-11/h3-7,14H,8-10H2,1-2H3. The minimum Gasteiger partial charge on any atom is -0.309 e. The van der Waals surface area contributed by atoms with Gasteiger partial charge in [0, 0.05) is 5.54 Å². The van der Waals surface area contributed by atoms with E-state index in [1.165, 1.54) is 5.56 Å². The van der Waals surface area contributed by atoms with Crippen LogP contribution in [0.3, 0.4) is 0 Å². The van der Waals surface area contributed by atoms with E-state index in [9.17, 15) is 4.39 Å². The minimum atomic E-state index is -0.394. The van der Waals surface area contributed by atoms with Gasteiger partial charge >= 0.3 is 0 Å². The second-order valence-corrected chi connectivity index (χ2v) is 4.18. The smallest absolute Gasteiger partial charge is 0.107 e. The van der Waals surface area contributed by atoms with Gasteiger partial charge in [0.2, 0.25) is 0 Å². The molecule has 0 saturated heterocycles. The predicted octanol–water partition coefficient (Wildman–Crippen LogP) is 2.57. The van der Waals surface area contributed by atoms with Gasteiger partial charge < -0.3 is 5.32 Å². The van der Waals surface area contributed by atoms with Crippen LogP contribution in [0.15, 0.2) is 30.3 Å². The SMILES string of the molecule is CC(C)(CF)NCCc1ccccc1. The minimum absolute atomic E-state index is 0.332. The molecule has 0 amide bonds. The highest BCUT2D eigenvalue weighted by Gasteiger charge is 2.15. The summed E-state index contributed by atoms with van der Waals surface area (Å²) in [5.74, 6) is 0. The Labute approximate surface area is 85.3 Å². The Morgan fingerprint density at radius 1 is 1.21 bits per heavy atom. The van der Waals surface area contributed by atoms with Crippen LogP contribution in [-0.2, 0) is 6.42 Å². The van der Waals surface area contributed by atoms with Crippen molar-refractivity contribution in [1.29, 1.82) is 0 Å². The molecule has 0 aliphatic heterocycles. The van der Waals surface area contributed by atoms with Gasteiger partial charge in [-0.2, -0.15) is 0 Å². The molecule has 2 heteroatoms. The molecule has 0 aliphatic carbocycles. The van der Waals surface area contributed by atoms with Crippen molar-refractivity contribution in [2.24, 2.45) is 0 Å². The molecule has 78 valence electrons. The third-order valence-electron chi connectivity index (χ3n) is 2.19. The van der Waals surface area contributed by atoms with Crippen LogP contribution < -0.4 is 5.32 Å². The summed E-state index contributed by atoms with van der Waals surface area (Å²) >= 11 is 0. The fraction of sp³-hybridized carbons (Fsp3) is 0.500. The molecular formula is C12H18FN. The van der Waals surface area contributed by atoms with E-state index in [0.29, 0.717) is 0 Å². The summed E-state index contributed by atoms with van der Waals surface area (Å²) in [6, 6.07) is 10.2. The lowest BCUT2D eigenvalue weighted by Crippen LogP contribution is -2.42. The van der Waals surface area contributed by atoms with Gasteiger partial charge in [-0.25, -0.2) is 4.39 Å². The summed E-state index contributed by atoms with van der Waals surface area (Å²) in [6.45, 7) is 4.23. The maximum Gasteiger partial charge on any atom is 0.107 e. The number of halogens is 1. The Bertz CT molecular complexity index is 256. The molecule has 0 bridgehead atoms. The summed E-state index contributed by atoms with van der Waals surface area (Å²) in [6.07, 6.45) is 0.949. The highest BCUT2D eigenvalue weighted by Crippen LogP contribution is 2.03. The number of alkyl halides is 1. The Balaban J connectivity index is 2.29. The van der Waals surface area contributed by atoms with E-state index in [-0.39, 0.29) is 6.67 Å². The van der Waals surface area contributed by atoms with Crippen LogP contribution in [0.1, 0.15) is 19.4 Å². The molecule has 1 aromatic carbocycles. The summed E-state index contributed by atoms with van der Waals surface area (Å²) in [4.78, 5) is 0. The average molecular weight is 195 g/mol. The number of benzene rings is 1. The first-order valence-corrected chi connectivity index (χ1v) is 4.99. The van der Waals surface area contributed by atoms with Crippen LogP contribution in [0.5, 0.6) is 0 Å². The molecule has 0 saturated carbocycles. The normalized spacial score (nSPS) is 11.6. The van der Waals surface area contributed by atoms with Crippen molar-refractivity contribution >= 4 is 0 Å². The molecule has 0 radical (unpaired) electrons. The van der Waals surface area contributed by atoms with Crippen molar-refractivity contribution in [3.05, 3.63) is 35.9 Å². The summed E-state index contributed by atoms with van der Waals surface area (Å²) in [5, 5.41) is 3.18. The number of nitrogens with one attached hydrogen (secondary N) is 1. The van der Waals surface area contributed by atoms with Gasteiger partial charge in [-0.1, -0.05) is 30.3 Å². The van der Waals surface area contributed by atoms with Crippen molar-refractivity contribution in [2.75, 3.05) is 13.2 Å². The van der Waals surface area contributed by atoms with Crippen molar-refractivity contribution in [3.63, 3.8) is 0 Å². The topological polar surface area (TPSA) is 12.0 Å². The molecule has 0 aliphatic rings. The van der Waals surface area contributed by atoms with E-state index < -0.39 is 5.54 Å². The molecule has 0 heterocycles. The van der Waals surface area contributed by atoms with Crippen LogP contribution in [0.2, 0.25) is 0 Å². The fourth-order valence-electron chi connectivity index (χ4n) is 1.24. The van der Waals surface area contributed by atoms with Crippen LogP contribution in [-0.4, -0.2) is 18.8 Å². The fourth-order valence-corrected chi connectivity index (χ4v) is 1.24. The van der Waals surface area contributed by atoms with Gasteiger partial charge in [0.1, 0.15) is 6.67 Å². The van der Waals surface area contributed by atoms with Gasteiger partial charge in [-0.05, 0) is 32.4 Å². The molecule has 1 rings (SSSR count). The van der Waals surface area contributed by atoms with E-state index >= 15 is 0 Å². The number of rotatable bonds is 5. The Hall–Kier alpha value is -0.890. The zero-order chi connectivity index (χ0) is 10.4. The second kappa shape index (κ2) is 5.11. The van der Waals surface area contributed by atoms with Crippen molar-refractivity contribution < 1.29 is 4.39 Å². The van der Waals surface area contributed by atoms with E-state index in [1.807, 2.05) is 32.0 Å². The number of hydrogen-bond donors (Lipinski definition) is 1. The lowest BCUT2D eigenvalue weighted by Gasteiger charge is -2.22. The van der Waals surface area contributed by atoms with Gasteiger partial charge in [-0.15, -0.1) is 0 Å². The van der Waals surface area contributed by atoms with E-state index in [2.05, 4.69) is 17.4 Å². The van der Waals surface area contributed by atoms with Crippen molar-refractivity contribution in [3.8, 4) is 0 Å². The zero-order valence-electron chi connectivity index (χ0n) is 8.89. The summed E-state index contributed by atoms with van der Waals surface area (Å²) < 4.78 is 12.4. The van der Waals surface area contributed by atoms with Gasteiger partial charge in [-0.3, -0.25) is 0 Å². The molecule has 14 heavy (non-hydrogen) atoms. The highest BCUT2D eigenvalue weighted by molar-refractivity contribution is 5.14. The molecule has 0 spiro atoms. The lowest BCUT2D eigenvalue weighted by atomic mass is 10.1. The van der Waals surface area contributed by atoms with Crippen LogP contribution >= 0.6 is 0 Å². The lowest BCUT2D eigenvalue weighted by molar-refractivity contribution is 0.290. The molecule has 0 aromatic heterocycles. The average Bonchev–Trinajstić information content (AvgIpc) is 2.19. The summed E-state index contributed by atoms with van der Waals surface area (Å²) in [7, 11) is 0. The zero-order valence-corrected chi connectivity index (χ0v) is 8.89. The summed E-state index contributed by atoms with van der Waals surface area (Å²) in [5.41, 5.74) is 0.893. The molecule has 1 N–H and O–H groups in total. The Morgan fingerprint density at radius 3 is 2.43 bits per heavy atom. The van der Waals surface area contributed by atoms with Crippen LogP contribution in [0.4, 0.5) is 4.39 Å². The molecule has 0 unspecified atom stereocenters. The highest BCUT2D eigenvalue weighted by atomic mass is 19.1. The monoisotopic (exact) mass is 195 g/mol. The van der Waals surface area contributed by atoms with Crippen LogP contribution in [0, 0.1) is 0 Å². The van der Waals surface area contributed by atoms with Gasteiger partial charge in [0.25, 0.3) is 0 Å². The number of hydrogen-bond acceptors (Lipinski definition) is 1.